The van der Waals surface area contributed by atoms with E-state index in [0.29, 0.717) is 11.3 Å². The molecule has 0 bridgehead atoms. The number of aliphatic carboxylic acids is 1. The normalized spacial score (nSPS) is 20.5. The van der Waals surface area contributed by atoms with Crippen molar-refractivity contribution in [2.24, 2.45) is 5.92 Å². The van der Waals surface area contributed by atoms with Gasteiger partial charge in [0.25, 0.3) is 0 Å². The molecule has 4 unspecified atom stereocenters. The quantitative estimate of drug-likeness (QED) is 0.259. The van der Waals surface area contributed by atoms with Crippen LogP contribution in [-0.2, 0) is 4.79 Å². The number of carboxylic acids is 1. The highest BCUT2D eigenvalue weighted by Gasteiger charge is 2.58. The molecule has 5 rings (SSSR count). The topological polar surface area (TPSA) is 86.7 Å². The van der Waals surface area contributed by atoms with Crippen molar-refractivity contribution in [2.75, 3.05) is 5.32 Å². The summed E-state index contributed by atoms with van der Waals surface area (Å²) in [6, 6.07) is 23.4. The van der Waals surface area contributed by atoms with Crippen LogP contribution in [0.1, 0.15) is 49.4 Å². The first-order valence-electron chi connectivity index (χ1n) is 12.8. The second-order valence-electron chi connectivity index (χ2n) is 10.1. The number of ketones is 1. The molecule has 1 aliphatic rings. The number of hydrogen-bond acceptors (Lipinski definition) is 4. The van der Waals surface area contributed by atoms with Crippen molar-refractivity contribution in [3.8, 4) is 0 Å². The first-order chi connectivity index (χ1) is 18.7. The molecule has 1 aliphatic heterocycles. The lowest BCUT2D eigenvalue weighted by molar-refractivity contribution is -0.142. The number of thiophene rings is 1. The number of nitrogens with one attached hydrogen (secondary N) is 1. The van der Waals surface area contributed by atoms with Gasteiger partial charge in [-0.15, -0.1) is 11.3 Å². The Balaban J connectivity index is 1.70. The van der Waals surface area contributed by atoms with Gasteiger partial charge in [-0.05, 0) is 55.5 Å². The van der Waals surface area contributed by atoms with Gasteiger partial charge in [-0.3, -0.25) is 4.79 Å². The molecule has 2 N–H and O–H groups in total. The molecule has 7 heteroatoms. The van der Waals surface area contributed by atoms with Gasteiger partial charge in [0, 0.05) is 22.0 Å². The molecular weight excluding hydrogens is 508 g/mol. The monoisotopic (exact) mass is 538 g/mol. The molecule has 2 amide bonds. The van der Waals surface area contributed by atoms with E-state index in [4.69, 9.17) is 0 Å². The van der Waals surface area contributed by atoms with E-state index in [1.165, 1.54) is 16.2 Å². The van der Waals surface area contributed by atoms with Crippen LogP contribution in [0.5, 0.6) is 0 Å². The van der Waals surface area contributed by atoms with Gasteiger partial charge >= 0.3 is 12.0 Å². The van der Waals surface area contributed by atoms with Gasteiger partial charge in [-0.25, -0.2) is 9.59 Å². The molecule has 198 valence electrons. The number of Topliss-reactive ketones (excluding diaryl/α,β-unsaturated/α-hetero) is 1. The van der Waals surface area contributed by atoms with Crippen molar-refractivity contribution >= 4 is 34.8 Å². The van der Waals surface area contributed by atoms with Crippen LogP contribution in [0.4, 0.5) is 10.5 Å². The number of rotatable bonds is 6. The number of amides is 2. The summed E-state index contributed by atoms with van der Waals surface area (Å²) in [4.78, 5) is 43.5. The number of carbonyl (C=O) groups is 3. The van der Waals surface area contributed by atoms with Crippen molar-refractivity contribution in [3.63, 3.8) is 0 Å². The molecule has 0 aliphatic carbocycles. The Morgan fingerprint density at radius 3 is 2.13 bits per heavy atom. The SMILES string of the molecule is Cc1ccc(C(=O)C2C(c3cccs3)C(C(=O)O)N(C(=O)Nc3cccc(C)c3)C2c2cccc(C)c2)cc1. The Kier molecular flexibility index (Phi) is 7.35. The maximum Gasteiger partial charge on any atom is 0.327 e. The number of hydrogen-bond donors (Lipinski definition) is 2. The van der Waals surface area contributed by atoms with Crippen molar-refractivity contribution in [1.29, 1.82) is 0 Å². The zero-order valence-electron chi connectivity index (χ0n) is 22.0. The molecule has 0 spiro atoms. The van der Waals surface area contributed by atoms with Crippen LogP contribution in [0.25, 0.3) is 0 Å². The summed E-state index contributed by atoms with van der Waals surface area (Å²) in [6.45, 7) is 5.81. The van der Waals surface area contributed by atoms with Crippen LogP contribution < -0.4 is 5.32 Å². The van der Waals surface area contributed by atoms with Crippen molar-refractivity contribution in [2.45, 2.75) is 38.8 Å². The van der Waals surface area contributed by atoms with E-state index in [1.807, 2.05) is 92.9 Å². The minimum atomic E-state index is -1.25. The Hall–Kier alpha value is -4.23. The molecule has 1 saturated heterocycles. The summed E-state index contributed by atoms with van der Waals surface area (Å²) in [6.07, 6.45) is 0. The van der Waals surface area contributed by atoms with Crippen molar-refractivity contribution in [3.05, 3.63) is 123 Å². The van der Waals surface area contributed by atoms with Crippen molar-refractivity contribution in [1.82, 2.24) is 4.90 Å². The molecule has 3 aromatic carbocycles. The van der Waals surface area contributed by atoms with Crippen LogP contribution in [0.15, 0.2) is 90.3 Å². The average molecular weight is 539 g/mol. The molecule has 0 saturated carbocycles. The predicted molar refractivity (Wildman–Crippen MR) is 153 cm³/mol. The van der Waals surface area contributed by atoms with E-state index < -0.39 is 35.9 Å². The smallest absolute Gasteiger partial charge is 0.327 e. The van der Waals surface area contributed by atoms with E-state index >= 15 is 0 Å². The molecule has 1 aromatic heterocycles. The molecule has 2 heterocycles. The van der Waals surface area contributed by atoms with Gasteiger partial charge in [-0.1, -0.05) is 77.9 Å². The third-order valence-electron chi connectivity index (χ3n) is 7.32. The van der Waals surface area contributed by atoms with Crippen LogP contribution in [0.2, 0.25) is 0 Å². The van der Waals surface area contributed by atoms with Crippen LogP contribution in [0, 0.1) is 26.7 Å². The maximum atomic E-state index is 14.3. The molecule has 0 radical (unpaired) electrons. The van der Waals surface area contributed by atoms with Gasteiger partial charge < -0.3 is 15.3 Å². The van der Waals surface area contributed by atoms with Gasteiger partial charge in [0.1, 0.15) is 6.04 Å². The summed E-state index contributed by atoms with van der Waals surface area (Å²) in [5, 5.41) is 15.4. The summed E-state index contributed by atoms with van der Waals surface area (Å²) in [7, 11) is 0. The molecule has 6 nitrogen and oxygen atoms in total. The lowest BCUT2D eigenvalue weighted by Crippen LogP contribution is -2.45. The highest BCUT2D eigenvalue weighted by molar-refractivity contribution is 7.10. The lowest BCUT2D eigenvalue weighted by Gasteiger charge is -2.30. The summed E-state index contributed by atoms with van der Waals surface area (Å²) in [5.41, 5.74) is 4.72. The summed E-state index contributed by atoms with van der Waals surface area (Å²) >= 11 is 1.41. The lowest BCUT2D eigenvalue weighted by atomic mass is 9.78. The highest BCUT2D eigenvalue weighted by Crippen LogP contribution is 2.52. The number of carbonyl (C=O) groups excluding carboxylic acids is 2. The third kappa shape index (κ3) is 5.22. The Labute approximate surface area is 231 Å². The third-order valence-corrected chi connectivity index (χ3v) is 8.29. The number of urea groups is 1. The second kappa shape index (κ2) is 10.9. The highest BCUT2D eigenvalue weighted by atomic mass is 32.1. The number of anilines is 1. The Morgan fingerprint density at radius 2 is 1.51 bits per heavy atom. The van der Waals surface area contributed by atoms with Crippen LogP contribution >= 0.6 is 11.3 Å². The molecule has 1 fully saturated rings. The fourth-order valence-electron chi connectivity index (χ4n) is 5.60. The van der Waals surface area contributed by atoms with Gasteiger partial charge in [0.05, 0.1) is 12.0 Å². The fraction of sp³-hybridized carbons (Fsp3) is 0.219. The number of nitrogens with zero attached hydrogens (tertiary/aromatic N) is 1. The first-order valence-corrected chi connectivity index (χ1v) is 13.7. The Morgan fingerprint density at radius 1 is 0.821 bits per heavy atom. The maximum absolute atomic E-state index is 14.3. The molecule has 4 aromatic rings. The zero-order chi connectivity index (χ0) is 27.7. The Bertz CT molecular complexity index is 1510. The fourth-order valence-corrected chi connectivity index (χ4v) is 6.50. The van der Waals surface area contributed by atoms with Crippen molar-refractivity contribution < 1.29 is 19.5 Å². The molecule has 4 atom stereocenters. The van der Waals surface area contributed by atoms with Crippen LogP contribution in [0.3, 0.4) is 0 Å². The minimum absolute atomic E-state index is 0.183. The van der Waals surface area contributed by atoms with Gasteiger partial charge in [0.15, 0.2) is 5.78 Å². The number of carboxylic acid groups (broad SMARTS) is 1. The van der Waals surface area contributed by atoms with Gasteiger partial charge in [0.2, 0.25) is 0 Å². The number of aryl methyl sites for hydroxylation is 3. The summed E-state index contributed by atoms with van der Waals surface area (Å²) < 4.78 is 0. The average Bonchev–Trinajstić information content (AvgIpc) is 3.55. The predicted octanol–water partition coefficient (Wildman–Crippen LogP) is 7.00. The second-order valence-corrected chi connectivity index (χ2v) is 11.1. The molecule has 39 heavy (non-hydrogen) atoms. The first kappa shape index (κ1) is 26.4. The van der Waals surface area contributed by atoms with E-state index in [1.54, 1.807) is 18.2 Å². The minimum Gasteiger partial charge on any atom is -0.480 e. The summed E-state index contributed by atoms with van der Waals surface area (Å²) in [5.74, 6) is -2.87. The zero-order valence-corrected chi connectivity index (χ0v) is 22.8. The largest absolute Gasteiger partial charge is 0.480 e. The standard InChI is InChI=1S/C32H30N2O4S/c1-19-12-14-22(15-13-19)30(35)27-26(25-11-6-16-39-25)29(31(36)37)34(28(27)23-9-4-7-20(2)17-23)32(38)33-24-10-5-8-21(3)18-24/h4-18,26-29H,1-3H3,(H,33,38)(H,36,37). The van der Waals surface area contributed by atoms with E-state index in [2.05, 4.69) is 5.32 Å². The van der Waals surface area contributed by atoms with E-state index in [0.717, 1.165) is 27.1 Å². The number of benzene rings is 3. The van der Waals surface area contributed by atoms with Gasteiger partial charge in [-0.2, -0.15) is 0 Å². The van der Waals surface area contributed by atoms with E-state index in [9.17, 15) is 19.5 Å². The number of likely N-dealkylation sites (tertiary alicyclic amines) is 1. The van der Waals surface area contributed by atoms with E-state index in [-0.39, 0.29) is 5.78 Å². The molecular formula is C32H30N2O4S. The van der Waals surface area contributed by atoms with Crippen LogP contribution in [-0.4, -0.2) is 33.8 Å².